The van der Waals surface area contributed by atoms with E-state index in [4.69, 9.17) is 4.42 Å². The van der Waals surface area contributed by atoms with Crippen LogP contribution in [-0.4, -0.2) is 21.9 Å². The summed E-state index contributed by atoms with van der Waals surface area (Å²) in [4.78, 5) is 12.5. The SMILES string of the molecule is Cc1ccc(NC(=O)c2cc3n(n2)[C@@H](C(F)(F)F)C[C@@H](c2ccco2)N3)cc1. The number of aryl methyl sites for hydroxylation is 1. The van der Waals surface area contributed by atoms with Gasteiger partial charge in [0.2, 0.25) is 0 Å². The van der Waals surface area contributed by atoms with Gasteiger partial charge >= 0.3 is 6.18 Å². The molecular formula is C19H17F3N4O2. The number of halogens is 3. The first-order valence-corrected chi connectivity index (χ1v) is 8.65. The fourth-order valence-electron chi connectivity index (χ4n) is 3.19. The van der Waals surface area contributed by atoms with E-state index in [2.05, 4.69) is 15.7 Å². The van der Waals surface area contributed by atoms with Crippen LogP contribution in [-0.2, 0) is 0 Å². The number of anilines is 2. The average molecular weight is 390 g/mol. The van der Waals surface area contributed by atoms with Crippen LogP contribution in [0.2, 0.25) is 0 Å². The molecule has 1 aromatic carbocycles. The molecule has 0 saturated carbocycles. The van der Waals surface area contributed by atoms with Crippen molar-refractivity contribution in [2.24, 2.45) is 0 Å². The number of carbonyl (C=O) groups is 1. The lowest BCUT2D eigenvalue weighted by Gasteiger charge is -2.32. The summed E-state index contributed by atoms with van der Waals surface area (Å²) < 4.78 is 46.9. The van der Waals surface area contributed by atoms with Gasteiger partial charge in [0.05, 0.1) is 12.3 Å². The van der Waals surface area contributed by atoms with E-state index in [-0.39, 0.29) is 17.9 Å². The van der Waals surface area contributed by atoms with Crippen LogP contribution in [0.4, 0.5) is 24.7 Å². The quantitative estimate of drug-likeness (QED) is 0.680. The lowest BCUT2D eigenvalue weighted by atomic mass is 10.0. The van der Waals surface area contributed by atoms with Crippen molar-refractivity contribution in [2.75, 3.05) is 10.6 Å². The number of hydrogen-bond acceptors (Lipinski definition) is 4. The first-order valence-electron chi connectivity index (χ1n) is 8.65. The molecule has 146 valence electrons. The molecule has 1 aliphatic heterocycles. The van der Waals surface area contributed by atoms with E-state index in [1.807, 2.05) is 19.1 Å². The zero-order valence-corrected chi connectivity index (χ0v) is 14.8. The maximum atomic E-state index is 13.6. The van der Waals surface area contributed by atoms with Crippen LogP contribution in [0, 0.1) is 6.92 Å². The molecule has 2 atom stereocenters. The second-order valence-electron chi connectivity index (χ2n) is 6.68. The van der Waals surface area contributed by atoms with Crippen molar-refractivity contribution in [2.45, 2.75) is 31.6 Å². The van der Waals surface area contributed by atoms with E-state index >= 15 is 0 Å². The fourth-order valence-corrected chi connectivity index (χ4v) is 3.19. The Hall–Kier alpha value is -3.23. The lowest BCUT2D eigenvalue weighted by molar-refractivity contribution is -0.174. The minimum absolute atomic E-state index is 0.0996. The third-order valence-electron chi connectivity index (χ3n) is 4.62. The van der Waals surface area contributed by atoms with Crippen molar-refractivity contribution >= 4 is 17.4 Å². The predicted octanol–water partition coefficient (Wildman–Crippen LogP) is 4.70. The highest BCUT2D eigenvalue weighted by Crippen LogP contribution is 2.43. The van der Waals surface area contributed by atoms with Crippen LogP contribution in [0.3, 0.4) is 0 Å². The largest absolute Gasteiger partial charge is 0.467 e. The Morgan fingerprint density at radius 3 is 2.68 bits per heavy atom. The van der Waals surface area contributed by atoms with Gasteiger partial charge in [-0.25, -0.2) is 4.68 Å². The molecule has 0 unspecified atom stereocenters. The second-order valence-corrected chi connectivity index (χ2v) is 6.68. The number of alkyl halides is 3. The van der Waals surface area contributed by atoms with Crippen molar-refractivity contribution in [3.05, 3.63) is 65.7 Å². The van der Waals surface area contributed by atoms with Crippen LogP contribution in [0.5, 0.6) is 0 Å². The van der Waals surface area contributed by atoms with Crippen LogP contribution < -0.4 is 10.6 Å². The van der Waals surface area contributed by atoms with E-state index in [0.717, 1.165) is 10.2 Å². The smallest absolute Gasteiger partial charge is 0.410 e. The first-order chi connectivity index (χ1) is 13.3. The van der Waals surface area contributed by atoms with E-state index in [9.17, 15) is 18.0 Å². The minimum atomic E-state index is -4.52. The number of benzene rings is 1. The lowest BCUT2D eigenvalue weighted by Crippen LogP contribution is -2.35. The number of aromatic nitrogens is 2. The molecule has 0 aliphatic carbocycles. The summed E-state index contributed by atoms with van der Waals surface area (Å²) in [6.07, 6.45) is -3.39. The van der Waals surface area contributed by atoms with Gasteiger partial charge in [0.15, 0.2) is 11.7 Å². The molecule has 1 aliphatic rings. The Balaban J connectivity index is 1.63. The number of hydrogen-bond donors (Lipinski definition) is 2. The van der Waals surface area contributed by atoms with Gasteiger partial charge in [-0.05, 0) is 31.2 Å². The molecular weight excluding hydrogens is 373 g/mol. The number of amides is 1. The standard InChI is InChI=1S/C19H17F3N4O2/c1-11-4-6-12(7-5-11)23-18(27)14-10-17-24-13(15-3-2-8-28-15)9-16(19(20,21)22)26(17)25-14/h2-8,10,13,16,24H,9H2,1H3,(H,23,27)/t13-,16+/m0/s1. The third-order valence-corrected chi connectivity index (χ3v) is 4.62. The van der Waals surface area contributed by atoms with E-state index in [1.165, 1.54) is 12.3 Å². The van der Waals surface area contributed by atoms with Crippen molar-refractivity contribution in [3.8, 4) is 0 Å². The van der Waals surface area contributed by atoms with E-state index in [0.29, 0.717) is 11.4 Å². The van der Waals surface area contributed by atoms with Gasteiger partial charge in [0.1, 0.15) is 11.6 Å². The number of fused-ring (bicyclic) bond motifs is 1. The van der Waals surface area contributed by atoms with Gasteiger partial charge in [0.25, 0.3) is 5.91 Å². The van der Waals surface area contributed by atoms with Crippen LogP contribution in [0.15, 0.2) is 53.1 Å². The van der Waals surface area contributed by atoms with Gasteiger partial charge < -0.3 is 15.1 Å². The van der Waals surface area contributed by atoms with Gasteiger partial charge in [-0.15, -0.1) is 0 Å². The Labute approximate surface area is 158 Å². The van der Waals surface area contributed by atoms with E-state index in [1.54, 1.807) is 24.3 Å². The van der Waals surface area contributed by atoms with Gasteiger partial charge in [-0.3, -0.25) is 4.79 Å². The fraction of sp³-hybridized carbons (Fsp3) is 0.263. The Kier molecular flexibility index (Phi) is 4.37. The van der Waals surface area contributed by atoms with E-state index < -0.39 is 24.2 Å². The van der Waals surface area contributed by atoms with Gasteiger partial charge in [-0.2, -0.15) is 18.3 Å². The average Bonchev–Trinajstić information content (AvgIpc) is 3.31. The Morgan fingerprint density at radius 2 is 2.04 bits per heavy atom. The van der Waals surface area contributed by atoms with Crippen LogP contribution in [0.25, 0.3) is 0 Å². The van der Waals surface area contributed by atoms with Crippen molar-refractivity contribution in [1.29, 1.82) is 0 Å². The molecule has 3 heterocycles. The van der Waals surface area contributed by atoms with Gasteiger partial charge in [-0.1, -0.05) is 17.7 Å². The number of rotatable bonds is 3. The zero-order chi connectivity index (χ0) is 19.9. The minimum Gasteiger partial charge on any atom is -0.467 e. The molecule has 1 amide bonds. The highest BCUT2D eigenvalue weighted by molar-refractivity contribution is 6.03. The molecule has 2 N–H and O–H groups in total. The molecule has 2 aromatic heterocycles. The topological polar surface area (TPSA) is 72.1 Å². The van der Waals surface area contributed by atoms with Gasteiger partial charge in [0, 0.05) is 18.2 Å². The van der Waals surface area contributed by atoms with Crippen LogP contribution >= 0.6 is 0 Å². The summed E-state index contributed by atoms with van der Waals surface area (Å²) in [5.74, 6) is -0.0700. The number of nitrogens with zero attached hydrogens (tertiary/aromatic N) is 2. The highest BCUT2D eigenvalue weighted by atomic mass is 19.4. The molecule has 0 spiro atoms. The van der Waals surface area contributed by atoms with Crippen molar-refractivity contribution in [1.82, 2.24) is 9.78 Å². The normalized spacial score (nSPS) is 19.0. The summed E-state index contributed by atoms with van der Waals surface area (Å²) in [7, 11) is 0. The highest BCUT2D eigenvalue weighted by Gasteiger charge is 2.47. The molecule has 28 heavy (non-hydrogen) atoms. The van der Waals surface area contributed by atoms with Crippen molar-refractivity contribution < 1.29 is 22.4 Å². The van der Waals surface area contributed by atoms with Crippen molar-refractivity contribution in [3.63, 3.8) is 0 Å². The predicted molar refractivity (Wildman–Crippen MR) is 96.1 cm³/mol. The summed E-state index contributed by atoms with van der Waals surface area (Å²) in [6, 6.07) is 9.09. The molecule has 0 bridgehead atoms. The molecule has 4 rings (SSSR count). The Bertz CT molecular complexity index is 978. The molecule has 9 heteroatoms. The maximum absolute atomic E-state index is 13.6. The maximum Gasteiger partial charge on any atom is 0.410 e. The second kappa shape index (κ2) is 6.74. The summed E-state index contributed by atoms with van der Waals surface area (Å²) >= 11 is 0. The molecule has 0 saturated heterocycles. The first kappa shape index (κ1) is 18.1. The number of furan rings is 1. The third kappa shape index (κ3) is 3.47. The van der Waals surface area contributed by atoms with Crippen LogP contribution in [0.1, 0.15) is 40.3 Å². The molecule has 3 aromatic rings. The monoisotopic (exact) mass is 390 g/mol. The summed E-state index contributed by atoms with van der Waals surface area (Å²) in [5, 5.41) is 9.54. The molecule has 6 nitrogen and oxygen atoms in total. The molecule has 0 fully saturated rings. The summed E-state index contributed by atoms with van der Waals surface area (Å²) in [5.41, 5.74) is 1.46. The Morgan fingerprint density at radius 1 is 1.29 bits per heavy atom. The zero-order valence-electron chi connectivity index (χ0n) is 14.8. The number of nitrogens with one attached hydrogen (secondary N) is 2. The number of carbonyl (C=O) groups excluding carboxylic acids is 1. The summed E-state index contributed by atoms with van der Waals surface area (Å²) in [6.45, 7) is 1.91. The molecule has 0 radical (unpaired) electrons.